The summed E-state index contributed by atoms with van der Waals surface area (Å²) in [6.45, 7) is -0.0423. The van der Waals surface area contributed by atoms with Crippen LogP contribution in [0.3, 0.4) is 0 Å². The normalized spacial score (nSPS) is 24.6. The molecule has 1 saturated carbocycles. The van der Waals surface area contributed by atoms with E-state index in [0.29, 0.717) is 5.25 Å². The molecule has 18 heavy (non-hydrogen) atoms. The topological polar surface area (TPSA) is 87.7 Å². The van der Waals surface area contributed by atoms with Gasteiger partial charge in [0.25, 0.3) is 0 Å². The van der Waals surface area contributed by atoms with Crippen molar-refractivity contribution in [1.29, 1.82) is 0 Å². The van der Waals surface area contributed by atoms with Crippen molar-refractivity contribution in [2.24, 2.45) is 0 Å². The fraction of sp³-hybridized carbons (Fsp3) is 0.818. The summed E-state index contributed by atoms with van der Waals surface area (Å²) >= 11 is 1.73. The minimum Gasteiger partial charge on any atom is -0.480 e. The van der Waals surface area contributed by atoms with E-state index >= 15 is 0 Å². The van der Waals surface area contributed by atoms with Crippen LogP contribution in [0.1, 0.15) is 19.3 Å². The van der Waals surface area contributed by atoms with E-state index in [1.165, 1.54) is 7.11 Å². The highest BCUT2D eigenvalue weighted by Gasteiger charge is 2.29. The van der Waals surface area contributed by atoms with E-state index < -0.39 is 18.0 Å². The predicted molar refractivity (Wildman–Crippen MR) is 69.9 cm³/mol. The SMILES string of the molecule is COCC(NC(=O)NC1CCCC1SC)C(=O)O. The van der Waals surface area contributed by atoms with Crippen LogP contribution in [0.25, 0.3) is 0 Å². The molecule has 3 N–H and O–H groups in total. The highest BCUT2D eigenvalue weighted by Crippen LogP contribution is 2.28. The molecule has 1 fully saturated rings. The summed E-state index contributed by atoms with van der Waals surface area (Å²) in [6, 6.07) is -1.33. The molecule has 1 aliphatic carbocycles. The van der Waals surface area contributed by atoms with Gasteiger partial charge in [-0.25, -0.2) is 9.59 Å². The Morgan fingerprint density at radius 2 is 2.22 bits per heavy atom. The third kappa shape index (κ3) is 4.38. The Kier molecular flexibility index (Phi) is 6.28. The number of thioether (sulfide) groups is 1. The number of urea groups is 1. The Morgan fingerprint density at radius 3 is 2.78 bits per heavy atom. The van der Waals surface area contributed by atoms with Crippen LogP contribution < -0.4 is 10.6 Å². The molecule has 7 heteroatoms. The summed E-state index contributed by atoms with van der Waals surface area (Å²) in [5.74, 6) is -1.10. The van der Waals surface area contributed by atoms with Gasteiger partial charge in [-0.2, -0.15) is 11.8 Å². The molecule has 0 aromatic carbocycles. The molecule has 0 aromatic rings. The van der Waals surface area contributed by atoms with E-state index in [-0.39, 0.29) is 12.6 Å². The number of hydrogen-bond acceptors (Lipinski definition) is 4. The number of carboxylic acid groups (broad SMARTS) is 1. The van der Waals surface area contributed by atoms with Crippen LogP contribution in [0.2, 0.25) is 0 Å². The zero-order valence-corrected chi connectivity index (χ0v) is 11.5. The molecule has 0 aliphatic heterocycles. The lowest BCUT2D eigenvalue weighted by Crippen LogP contribution is -2.51. The molecule has 0 saturated heterocycles. The number of rotatable bonds is 6. The maximum absolute atomic E-state index is 11.7. The number of methoxy groups -OCH3 is 1. The Labute approximate surface area is 111 Å². The van der Waals surface area contributed by atoms with Gasteiger partial charge < -0.3 is 20.5 Å². The summed E-state index contributed by atoms with van der Waals surface area (Å²) in [5.41, 5.74) is 0. The van der Waals surface area contributed by atoms with E-state index in [4.69, 9.17) is 9.84 Å². The molecule has 3 unspecified atom stereocenters. The number of hydrogen-bond donors (Lipinski definition) is 3. The van der Waals surface area contributed by atoms with Crippen LogP contribution in [-0.4, -0.2) is 54.4 Å². The van der Waals surface area contributed by atoms with Crippen molar-refractivity contribution in [3.8, 4) is 0 Å². The second-order valence-electron chi connectivity index (χ2n) is 4.28. The lowest BCUT2D eigenvalue weighted by Gasteiger charge is -2.21. The van der Waals surface area contributed by atoms with Crippen molar-refractivity contribution in [3.05, 3.63) is 0 Å². The highest BCUT2D eigenvalue weighted by atomic mass is 32.2. The molecular weight excluding hydrogens is 256 g/mol. The van der Waals surface area contributed by atoms with Crippen molar-refractivity contribution in [3.63, 3.8) is 0 Å². The van der Waals surface area contributed by atoms with Gasteiger partial charge in [0, 0.05) is 18.4 Å². The summed E-state index contributed by atoms with van der Waals surface area (Å²) in [7, 11) is 1.40. The molecule has 0 spiro atoms. The number of amides is 2. The third-order valence-corrected chi connectivity index (χ3v) is 4.18. The van der Waals surface area contributed by atoms with Crippen molar-refractivity contribution in [1.82, 2.24) is 10.6 Å². The zero-order valence-electron chi connectivity index (χ0n) is 10.6. The van der Waals surface area contributed by atoms with Crippen LogP contribution in [-0.2, 0) is 9.53 Å². The second-order valence-corrected chi connectivity index (χ2v) is 5.35. The average Bonchev–Trinajstić information content (AvgIpc) is 2.75. The van der Waals surface area contributed by atoms with Crippen LogP contribution >= 0.6 is 11.8 Å². The average molecular weight is 276 g/mol. The Hall–Kier alpha value is -0.950. The molecular formula is C11H20N2O4S. The molecule has 0 aromatic heterocycles. The van der Waals surface area contributed by atoms with E-state index in [1.807, 2.05) is 6.26 Å². The smallest absolute Gasteiger partial charge is 0.328 e. The lowest BCUT2D eigenvalue weighted by atomic mass is 10.2. The van der Waals surface area contributed by atoms with E-state index in [2.05, 4.69) is 10.6 Å². The quantitative estimate of drug-likeness (QED) is 0.663. The number of carbonyl (C=O) groups is 2. The van der Waals surface area contributed by atoms with Gasteiger partial charge in [-0.15, -0.1) is 0 Å². The van der Waals surface area contributed by atoms with Gasteiger partial charge in [-0.3, -0.25) is 0 Å². The van der Waals surface area contributed by atoms with E-state index in [0.717, 1.165) is 19.3 Å². The summed E-state index contributed by atoms with van der Waals surface area (Å²) in [5, 5.41) is 14.5. The number of aliphatic carboxylic acids is 1. The standard InChI is InChI=1S/C11H20N2O4S/c1-17-6-8(10(14)15)13-11(16)12-7-4-3-5-9(7)18-2/h7-9H,3-6H2,1-2H3,(H,14,15)(H2,12,13,16). The van der Waals surface area contributed by atoms with Crippen LogP contribution in [0.15, 0.2) is 0 Å². The Bertz CT molecular complexity index is 301. The predicted octanol–water partition coefficient (Wildman–Crippen LogP) is 0.669. The van der Waals surface area contributed by atoms with Crippen molar-refractivity contribution >= 4 is 23.8 Å². The maximum Gasteiger partial charge on any atom is 0.328 e. The van der Waals surface area contributed by atoms with Gasteiger partial charge in [0.15, 0.2) is 6.04 Å². The van der Waals surface area contributed by atoms with Crippen molar-refractivity contribution in [2.75, 3.05) is 20.0 Å². The fourth-order valence-corrected chi connectivity index (χ4v) is 3.02. The number of carboxylic acids is 1. The third-order valence-electron chi connectivity index (χ3n) is 3.01. The first-order valence-corrected chi connectivity index (χ1v) is 7.18. The van der Waals surface area contributed by atoms with Gasteiger partial charge in [-0.05, 0) is 19.1 Å². The minimum absolute atomic E-state index is 0.0423. The summed E-state index contributed by atoms with van der Waals surface area (Å²) in [6.07, 6.45) is 5.15. The number of carbonyl (C=O) groups excluding carboxylic acids is 1. The van der Waals surface area contributed by atoms with E-state index in [9.17, 15) is 9.59 Å². The summed E-state index contributed by atoms with van der Waals surface area (Å²) < 4.78 is 4.75. The Morgan fingerprint density at radius 1 is 1.50 bits per heavy atom. The van der Waals surface area contributed by atoms with Crippen LogP contribution in [0.4, 0.5) is 4.79 Å². The highest BCUT2D eigenvalue weighted by molar-refractivity contribution is 7.99. The fourth-order valence-electron chi connectivity index (χ4n) is 2.08. The maximum atomic E-state index is 11.7. The van der Waals surface area contributed by atoms with Crippen molar-refractivity contribution < 1.29 is 19.4 Å². The van der Waals surface area contributed by atoms with Gasteiger partial charge in [0.1, 0.15) is 0 Å². The van der Waals surface area contributed by atoms with Crippen LogP contribution in [0, 0.1) is 0 Å². The zero-order chi connectivity index (χ0) is 13.5. The second kappa shape index (κ2) is 7.48. The van der Waals surface area contributed by atoms with Gasteiger partial charge in [0.2, 0.25) is 0 Å². The molecule has 1 rings (SSSR count). The lowest BCUT2D eigenvalue weighted by molar-refractivity contribution is -0.140. The molecule has 1 aliphatic rings. The molecule has 0 bridgehead atoms. The monoisotopic (exact) mass is 276 g/mol. The number of nitrogens with one attached hydrogen (secondary N) is 2. The van der Waals surface area contributed by atoms with Gasteiger partial charge >= 0.3 is 12.0 Å². The molecule has 0 radical (unpaired) electrons. The molecule has 2 amide bonds. The van der Waals surface area contributed by atoms with Gasteiger partial charge in [-0.1, -0.05) is 6.42 Å². The first-order valence-electron chi connectivity index (χ1n) is 5.90. The molecule has 104 valence electrons. The first kappa shape index (κ1) is 15.1. The number of ether oxygens (including phenoxy) is 1. The van der Waals surface area contributed by atoms with Crippen LogP contribution in [0.5, 0.6) is 0 Å². The minimum atomic E-state index is -1.10. The summed E-state index contributed by atoms with van der Waals surface area (Å²) in [4.78, 5) is 22.6. The largest absolute Gasteiger partial charge is 0.480 e. The molecule has 0 heterocycles. The molecule has 6 nitrogen and oxygen atoms in total. The van der Waals surface area contributed by atoms with Gasteiger partial charge in [0.05, 0.1) is 6.61 Å². The van der Waals surface area contributed by atoms with Crippen molar-refractivity contribution in [2.45, 2.75) is 36.6 Å². The van der Waals surface area contributed by atoms with E-state index in [1.54, 1.807) is 11.8 Å². The first-order chi connectivity index (χ1) is 8.58. The molecule has 3 atom stereocenters. The Balaban J connectivity index is 2.42.